The van der Waals surface area contributed by atoms with Crippen LogP contribution in [0.25, 0.3) is 0 Å². The number of hydrogen-bond donors (Lipinski definition) is 1. The van der Waals surface area contributed by atoms with Crippen LogP contribution in [0.2, 0.25) is 0 Å². The van der Waals surface area contributed by atoms with Crippen molar-refractivity contribution in [1.82, 2.24) is 0 Å². The first kappa shape index (κ1) is 26.2. The molecule has 0 spiro atoms. The summed E-state index contributed by atoms with van der Waals surface area (Å²) in [5, 5.41) is 9.29. The Kier molecular flexibility index (Phi) is 13.5. The molecule has 0 saturated carbocycles. The van der Waals surface area contributed by atoms with Gasteiger partial charge in [-0.05, 0) is 11.1 Å². The summed E-state index contributed by atoms with van der Waals surface area (Å²) in [6.45, 7) is 1.08. The highest BCUT2D eigenvalue weighted by atomic mass is 16.7. The smallest absolute Gasteiger partial charge is 0.147 e. The molecule has 2 unspecified atom stereocenters. The fourth-order valence-electron chi connectivity index (χ4n) is 3.04. The summed E-state index contributed by atoms with van der Waals surface area (Å²) in [5.41, 5.74) is 2.08. The molecule has 0 saturated heterocycles. The third kappa shape index (κ3) is 10.0. The van der Waals surface area contributed by atoms with Crippen LogP contribution in [0.4, 0.5) is 0 Å². The molecule has 0 aliphatic carbocycles. The van der Waals surface area contributed by atoms with E-state index in [4.69, 9.17) is 28.4 Å². The minimum Gasteiger partial charge on any atom is -0.392 e. The molecule has 0 bridgehead atoms. The van der Waals surface area contributed by atoms with Gasteiger partial charge in [-0.15, -0.1) is 0 Å². The molecule has 176 valence electrons. The van der Waals surface area contributed by atoms with Gasteiger partial charge in [0, 0.05) is 14.2 Å². The van der Waals surface area contributed by atoms with Crippen LogP contribution in [-0.2, 0) is 41.6 Å². The molecule has 2 aromatic carbocycles. The van der Waals surface area contributed by atoms with Gasteiger partial charge in [0.25, 0.3) is 0 Å². The summed E-state index contributed by atoms with van der Waals surface area (Å²) in [7, 11) is 3.11. The van der Waals surface area contributed by atoms with E-state index in [1.165, 1.54) is 0 Å². The lowest BCUT2D eigenvalue weighted by Gasteiger charge is -2.32. The van der Waals surface area contributed by atoms with Gasteiger partial charge in [0.2, 0.25) is 0 Å². The highest BCUT2D eigenvalue weighted by Gasteiger charge is 2.31. The van der Waals surface area contributed by atoms with Crippen LogP contribution in [0.1, 0.15) is 11.1 Å². The molecule has 32 heavy (non-hydrogen) atoms. The summed E-state index contributed by atoms with van der Waals surface area (Å²) >= 11 is 0. The maximum absolute atomic E-state index is 9.29. The summed E-state index contributed by atoms with van der Waals surface area (Å²) in [4.78, 5) is 0. The molecule has 1 N–H and O–H groups in total. The number of benzene rings is 2. The van der Waals surface area contributed by atoms with Crippen molar-refractivity contribution in [3.8, 4) is 0 Å². The Bertz CT molecular complexity index is 724. The Balaban J connectivity index is 2.16. The molecule has 0 heterocycles. The molecule has 2 rings (SSSR count). The van der Waals surface area contributed by atoms with Gasteiger partial charge in [-0.1, -0.05) is 72.8 Å². The third-order valence-corrected chi connectivity index (χ3v) is 4.58. The maximum Gasteiger partial charge on any atom is 0.147 e. The van der Waals surface area contributed by atoms with Crippen LogP contribution in [0.3, 0.4) is 0 Å². The van der Waals surface area contributed by atoms with E-state index < -0.39 is 18.3 Å². The fourth-order valence-corrected chi connectivity index (χ4v) is 3.04. The van der Waals surface area contributed by atoms with Crippen LogP contribution in [0.5, 0.6) is 0 Å². The van der Waals surface area contributed by atoms with Crippen molar-refractivity contribution in [2.45, 2.75) is 31.5 Å². The van der Waals surface area contributed by atoms with E-state index in [-0.39, 0.29) is 26.8 Å². The summed E-state index contributed by atoms with van der Waals surface area (Å²) in [5.74, 6) is 0. The van der Waals surface area contributed by atoms with E-state index in [0.717, 1.165) is 11.1 Å². The molecule has 0 aliphatic heterocycles. The van der Waals surface area contributed by atoms with Crippen molar-refractivity contribution in [2.75, 3.05) is 41.0 Å². The highest BCUT2D eigenvalue weighted by molar-refractivity contribution is 5.14. The second-order valence-electron chi connectivity index (χ2n) is 7.02. The molecule has 0 aromatic heterocycles. The minimum absolute atomic E-state index is 0.0630. The Morgan fingerprint density at radius 1 is 0.781 bits per heavy atom. The van der Waals surface area contributed by atoms with Gasteiger partial charge >= 0.3 is 0 Å². The minimum atomic E-state index is -0.543. The van der Waals surface area contributed by atoms with Crippen molar-refractivity contribution in [1.29, 1.82) is 0 Å². The lowest BCUT2D eigenvalue weighted by molar-refractivity contribution is -0.191. The zero-order valence-electron chi connectivity index (χ0n) is 18.8. The third-order valence-electron chi connectivity index (χ3n) is 4.58. The fraction of sp³-hybridized carbons (Fsp3) is 0.440. The molecular formula is C25H34O7. The van der Waals surface area contributed by atoms with Gasteiger partial charge in [-0.2, -0.15) is 0 Å². The molecule has 3 atom stereocenters. The monoisotopic (exact) mass is 446 g/mol. The topological polar surface area (TPSA) is 75.6 Å². The van der Waals surface area contributed by atoms with Crippen molar-refractivity contribution >= 4 is 0 Å². The Hall–Kier alpha value is -2.10. The molecule has 0 aliphatic rings. The zero-order chi connectivity index (χ0) is 22.9. The molecule has 0 radical (unpaired) electrons. The molecular weight excluding hydrogens is 412 g/mol. The molecule has 0 fully saturated rings. The summed E-state index contributed by atoms with van der Waals surface area (Å²) in [6.07, 6.45) is 1.78. The Morgan fingerprint density at radius 2 is 1.38 bits per heavy atom. The average Bonchev–Trinajstić information content (AvgIpc) is 2.84. The second kappa shape index (κ2) is 16.5. The van der Waals surface area contributed by atoms with Crippen LogP contribution in [-0.4, -0.2) is 64.4 Å². The highest BCUT2D eigenvalue weighted by Crippen LogP contribution is 2.18. The quantitative estimate of drug-likeness (QED) is 0.295. The summed E-state index contributed by atoms with van der Waals surface area (Å²) in [6, 6.07) is 19.8. The zero-order valence-corrected chi connectivity index (χ0v) is 18.8. The predicted molar refractivity (Wildman–Crippen MR) is 121 cm³/mol. The van der Waals surface area contributed by atoms with Crippen LogP contribution in [0.15, 0.2) is 72.8 Å². The Labute approximate surface area is 190 Å². The van der Waals surface area contributed by atoms with Crippen LogP contribution >= 0.6 is 0 Å². The Morgan fingerprint density at radius 3 is 1.97 bits per heavy atom. The van der Waals surface area contributed by atoms with Crippen molar-refractivity contribution in [3.05, 3.63) is 83.9 Å². The molecule has 2 aromatic rings. The van der Waals surface area contributed by atoms with Crippen LogP contribution < -0.4 is 0 Å². The number of aliphatic hydroxyl groups is 1. The largest absolute Gasteiger partial charge is 0.392 e. The predicted octanol–water partition coefficient (Wildman–Crippen LogP) is 3.32. The standard InChI is InChI=1S/C25H34O7/c1-27-19-31-23(14-9-15-26)25(30-17-22-12-7-4-8-13-22)24(32-20-28-2)18-29-16-21-10-5-3-6-11-21/h3-14,23-26H,15-20H2,1-2H3/b14-9+/t23-,24?,25?/m0/s1. The van der Waals surface area contributed by atoms with Gasteiger partial charge in [0.05, 0.1) is 26.4 Å². The lowest BCUT2D eigenvalue weighted by atomic mass is 10.1. The van der Waals surface area contributed by atoms with Gasteiger partial charge in [0.1, 0.15) is 31.9 Å². The van der Waals surface area contributed by atoms with E-state index >= 15 is 0 Å². The van der Waals surface area contributed by atoms with E-state index in [9.17, 15) is 5.11 Å². The average molecular weight is 447 g/mol. The molecule has 0 amide bonds. The maximum atomic E-state index is 9.29. The first-order chi connectivity index (χ1) is 15.8. The number of ether oxygens (including phenoxy) is 6. The number of methoxy groups -OCH3 is 2. The number of aliphatic hydroxyl groups excluding tert-OH is 1. The van der Waals surface area contributed by atoms with Crippen molar-refractivity contribution in [2.24, 2.45) is 0 Å². The molecule has 7 heteroatoms. The normalized spacial score (nSPS) is 14.5. The number of hydrogen-bond acceptors (Lipinski definition) is 7. The van der Waals surface area contributed by atoms with Crippen molar-refractivity contribution < 1.29 is 33.5 Å². The van der Waals surface area contributed by atoms with Gasteiger partial charge in [-0.3, -0.25) is 0 Å². The van der Waals surface area contributed by atoms with Gasteiger partial charge < -0.3 is 33.5 Å². The molecule has 7 nitrogen and oxygen atoms in total. The van der Waals surface area contributed by atoms with E-state index in [2.05, 4.69) is 0 Å². The van der Waals surface area contributed by atoms with Gasteiger partial charge in [-0.25, -0.2) is 0 Å². The van der Waals surface area contributed by atoms with E-state index in [0.29, 0.717) is 13.2 Å². The second-order valence-corrected chi connectivity index (χ2v) is 7.02. The van der Waals surface area contributed by atoms with E-state index in [1.807, 2.05) is 60.7 Å². The lowest BCUT2D eigenvalue weighted by Crippen LogP contribution is -2.45. The number of rotatable bonds is 17. The van der Waals surface area contributed by atoms with Crippen LogP contribution in [0, 0.1) is 0 Å². The van der Waals surface area contributed by atoms with E-state index in [1.54, 1.807) is 26.4 Å². The van der Waals surface area contributed by atoms with Gasteiger partial charge in [0.15, 0.2) is 0 Å². The first-order valence-corrected chi connectivity index (χ1v) is 10.5. The SMILES string of the molecule is COCOC(COCc1ccccc1)C(OCc1ccccc1)[C@H](/C=C/CO)OCOC. The van der Waals surface area contributed by atoms with Crippen molar-refractivity contribution in [3.63, 3.8) is 0 Å². The first-order valence-electron chi connectivity index (χ1n) is 10.5. The summed E-state index contributed by atoms with van der Waals surface area (Å²) < 4.78 is 34.2.